The van der Waals surface area contributed by atoms with Crippen LogP contribution in [0.25, 0.3) is 16.9 Å². The minimum atomic E-state index is -0.799. The van der Waals surface area contributed by atoms with Crippen LogP contribution in [0.15, 0.2) is 72.9 Å². The topological polar surface area (TPSA) is 96.8 Å². The zero-order valence-electron chi connectivity index (χ0n) is 27.0. The van der Waals surface area contributed by atoms with Crippen LogP contribution in [0.1, 0.15) is 11.3 Å². The molecule has 5 rings (SSSR count). The maximum atomic E-state index is 11.9. The van der Waals surface area contributed by atoms with Gasteiger partial charge in [0.1, 0.15) is 5.82 Å². The van der Waals surface area contributed by atoms with Gasteiger partial charge < -0.3 is 20.3 Å². The molecule has 1 aliphatic rings. The highest BCUT2D eigenvalue weighted by Gasteiger charge is 2.22. The Labute approximate surface area is 270 Å². The molecule has 0 bridgehead atoms. The molecule has 1 atom stereocenters. The van der Waals surface area contributed by atoms with Gasteiger partial charge in [-0.2, -0.15) is 10.2 Å². The molecule has 46 heavy (non-hydrogen) atoms. The van der Waals surface area contributed by atoms with Crippen molar-refractivity contribution in [3.63, 3.8) is 0 Å². The number of hydrogen-bond donors (Lipinski definition) is 2. The number of nitrogens with zero attached hydrogens (tertiary/aromatic N) is 5. The number of benzene rings is 2. The van der Waals surface area contributed by atoms with Crippen LogP contribution in [0.2, 0.25) is 0 Å². The Morgan fingerprint density at radius 2 is 1.74 bits per heavy atom. The standard InChI is InChI=1S/C19H23N5.C7H14N2O3.C6H4F2.C2H2/c1-14-18(15-10-11-21-16(12-15)13-23(3)4)22-24(19(14)20-2)17-8-6-5-7-9-17;1-11-3-2-9-4-7(5-12-9)8-6-10;7-5-3-1-2-4-6(5)8;1-2/h5-12,20H,13H2,1-4H3;6-7H,2-5H2,1H3,(H,8,10);1-4H;1-2H/t;7-;;/m.1../s1. The maximum absolute atomic E-state index is 11.9. The quantitative estimate of drug-likeness (QED) is 0.194. The lowest BCUT2D eigenvalue weighted by molar-refractivity contribution is -0.118. The average Bonchev–Trinajstić information content (AvgIpc) is 3.66. The molecule has 1 amide bonds. The number of pyridine rings is 1. The first kappa shape index (κ1) is 37.5. The number of hydroxylamine groups is 2. The molecule has 2 aromatic heterocycles. The zero-order chi connectivity index (χ0) is 33.9. The van der Waals surface area contributed by atoms with E-state index in [-0.39, 0.29) is 6.04 Å². The van der Waals surface area contributed by atoms with E-state index >= 15 is 0 Å². The third kappa shape index (κ3) is 11.7. The Hall–Kier alpha value is -4.67. The van der Waals surface area contributed by atoms with Crippen molar-refractivity contribution in [2.24, 2.45) is 0 Å². The van der Waals surface area contributed by atoms with Crippen molar-refractivity contribution in [2.75, 3.05) is 59.9 Å². The van der Waals surface area contributed by atoms with Gasteiger partial charge >= 0.3 is 0 Å². The molecule has 0 aliphatic carbocycles. The third-order valence-electron chi connectivity index (χ3n) is 6.48. The lowest BCUT2D eigenvalue weighted by Crippen LogP contribution is -2.33. The number of nitrogens with one attached hydrogen (secondary N) is 2. The molecule has 1 aliphatic heterocycles. The van der Waals surface area contributed by atoms with Crippen LogP contribution < -0.4 is 10.6 Å². The molecule has 0 spiro atoms. The summed E-state index contributed by atoms with van der Waals surface area (Å²) in [7, 11) is 7.67. The zero-order valence-corrected chi connectivity index (χ0v) is 27.0. The number of aromatic nitrogens is 3. The van der Waals surface area contributed by atoms with Gasteiger partial charge in [0.15, 0.2) is 11.6 Å². The summed E-state index contributed by atoms with van der Waals surface area (Å²) >= 11 is 0. The Morgan fingerprint density at radius 3 is 2.30 bits per heavy atom. The van der Waals surface area contributed by atoms with Gasteiger partial charge in [-0.3, -0.25) is 14.6 Å². The fourth-order valence-electron chi connectivity index (χ4n) is 4.39. The Kier molecular flexibility index (Phi) is 16.6. The molecule has 0 radical (unpaired) electrons. The predicted molar refractivity (Wildman–Crippen MR) is 177 cm³/mol. The van der Waals surface area contributed by atoms with Gasteiger partial charge in [-0.15, -0.1) is 12.8 Å². The smallest absolute Gasteiger partial charge is 0.207 e. The average molecular weight is 636 g/mol. The summed E-state index contributed by atoms with van der Waals surface area (Å²) in [5.74, 6) is -0.595. The van der Waals surface area contributed by atoms with Crippen LogP contribution in [-0.4, -0.2) is 91.7 Å². The number of hydrogen-bond acceptors (Lipinski definition) is 8. The molecular formula is C34H43F2N7O3. The number of terminal acetylenes is 1. The Bertz CT molecular complexity index is 1460. The number of carbonyl (C=O) groups is 1. The second kappa shape index (κ2) is 20.4. The number of ether oxygens (including phenoxy) is 1. The van der Waals surface area contributed by atoms with E-state index < -0.39 is 11.6 Å². The molecule has 12 heteroatoms. The summed E-state index contributed by atoms with van der Waals surface area (Å²) in [6.45, 7) is 5.59. The number of rotatable bonds is 10. The maximum Gasteiger partial charge on any atom is 0.207 e. The molecule has 2 N–H and O–H groups in total. The summed E-state index contributed by atoms with van der Waals surface area (Å²) in [4.78, 5) is 21.9. The van der Waals surface area contributed by atoms with E-state index in [1.807, 2.05) is 56.3 Å². The molecule has 10 nitrogen and oxygen atoms in total. The van der Waals surface area contributed by atoms with Crippen LogP contribution in [0.4, 0.5) is 14.6 Å². The normalized spacial score (nSPS) is 13.7. The van der Waals surface area contributed by atoms with E-state index in [0.717, 1.165) is 65.8 Å². The monoisotopic (exact) mass is 635 g/mol. The fourth-order valence-corrected chi connectivity index (χ4v) is 4.39. The lowest BCUT2D eigenvalue weighted by atomic mass is 10.1. The molecule has 1 fully saturated rings. The third-order valence-corrected chi connectivity index (χ3v) is 6.48. The summed E-state index contributed by atoms with van der Waals surface area (Å²) in [6, 6.07) is 19.5. The second-order valence-electron chi connectivity index (χ2n) is 10.2. The van der Waals surface area contributed by atoms with Gasteiger partial charge in [0.2, 0.25) is 6.41 Å². The van der Waals surface area contributed by atoms with E-state index in [1.54, 1.807) is 12.2 Å². The number of halogens is 2. The summed E-state index contributed by atoms with van der Waals surface area (Å²) in [6.07, 6.45) is 10.6. The predicted octanol–water partition coefficient (Wildman–Crippen LogP) is 4.55. The van der Waals surface area contributed by atoms with Gasteiger partial charge in [0, 0.05) is 51.1 Å². The lowest BCUT2D eigenvalue weighted by Gasteiger charge is -2.12. The molecular weight excluding hydrogens is 592 g/mol. The largest absolute Gasteiger partial charge is 0.383 e. The van der Waals surface area contributed by atoms with Gasteiger partial charge in [0.25, 0.3) is 0 Å². The molecule has 4 aromatic rings. The molecule has 246 valence electrons. The minimum absolute atomic E-state index is 0.124. The Morgan fingerprint density at radius 1 is 1.09 bits per heavy atom. The van der Waals surface area contributed by atoms with Gasteiger partial charge in [0.05, 0.1) is 36.3 Å². The van der Waals surface area contributed by atoms with E-state index in [2.05, 4.69) is 58.5 Å². The second-order valence-corrected chi connectivity index (χ2v) is 10.2. The van der Waals surface area contributed by atoms with Crippen LogP contribution >= 0.6 is 0 Å². The van der Waals surface area contributed by atoms with E-state index in [4.69, 9.17) is 14.7 Å². The fraction of sp³-hybridized carbons (Fsp3) is 0.324. The Balaban J connectivity index is 0.000000277. The highest BCUT2D eigenvalue weighted by Crippen LogP contribution is 2.30. The van der Waals surface area contributed by atoms with Gasteiger partial charge in [-0.25, -0.2) is 13.5 Å². The van der Waals surface area contributed by atoms with Crippen molar-refractivity contribution < 1.29 is 23.1 Å². The van der Waals surface area contributed by atoms with Crippen molar-refractivity contribution in [3.8, 4) is 29.8 Å². The number of anilines is 1. The van der Waals surface area contributed by atoms with Crippen molar-refractivity contribution in [1.29, 1.82) is 0 Å². The molecule has 3 heterocycles. The summed E-state index contributed by atoms with van der Waals surface area (Å²) < 4.78 is 30.7. The molecule has 1 saturated heterocycles. The first-order chi connectivity index (χ1) is 22.3. The van der Waals surface area contributed by atoms with Crippen LogP contribution in [-0.2, 0) is 20.9 Å². The highest BCUT2D eigenvalue weighted by atomic mass is 19.2. The number of methoxy groups -OCH3 is 1. The number of amides is 1. The van der Waals surface area contributed by atoms with Crippen molar-refractivity contribution in [2.45, 2.75) is 19.5 Å². The summed E-state index contributed by atoms with van der Waals surface area (Å²) in [5.41, 5.74) is 5.27. The van der Waals surface area contributed by atoms with Gasteiger partial charge in [-0.1, -0.05) is 30.3 Å². The van der Waals surface area contributed by atoms with Crippen LogP contribution in [0.5, 0.6) is 0 Å². The number of para-hydroxylation sites is 1. The highest BCUT2D eigenvalue weighted by molar-refractivity contribution is 5.70. The summed E-state index contributed by atoms with van der Waals surface area (Å²) in [5, 5.41) is 12.6. The van der Waals surface area contributed by atoms with Crippen LogP contribution in [0.3, 0.4) is 0 Å². The van der Waals surface area contributed by atoms with E-state index in [1.165, 1.54) is 12.1 Å². The molecule has 2 aromatic carbocycles. The first-order valence-electron chi connectivity index (χ1n) is 14.5. The van der Waals surface area contributed by atoms with Crippen molar-refractivity contribution in [1.82, 2.24) is 30.0 Å². The van der Waals surface area contributed by atoms with Gasteiger partial charge in [-0.05, 0) is 57.4 Å². The van der Waals surface area contributed by atoms with Crippen LogP contribution in [0, 0.1) is 31.4 Å². The molecule has 0 unspecified atom stereocenters. The van der Waals surface area contributed by atoms with Crippen molar-refractivity contribution in [3.05, 3.63) is 95.8 Å². The molecule has 0 saturated carbocycles. The van der Waals surface area contributed by atoms with E-state index in [9.17, 15) is 13.6 Å². The van der Waals surface area contributed by atoms with E-state index in [0.29, 0.717) is 19.6 Å². The SMILES string of the molecule is C#C.CNc1c(C)c(-c2ccnc(CN(C)C)c2)nn1-c1ccccc1.COCCN1C[C@@H](NC=O)CO1.Fc1ccccc1F. The first-order valence-corrected chi connectivity index (χ1v) is 14.5. The minimum Gasteiger partial charge on any atom is -0.383 e. The number of carbonyl (C=O) groups excluding carboxylic acids is 1. The van der Waals surface area contributed by atoms with Crippen molar-refractivity contribution >= 4 is 12.2 Å².